The third-order valence-electron chi connectivity index (χ3n) is 3.75. The summed E-state index contributed by atoms with van der Waals surface area (Å²) in [6.07, 6.45) is 2.11. The molecule has 2 aromatic rings. The Kier molecular flexibility index (Phi) is 5.01. The number of rotatable bonds is 4. The fourth-order valence-corrected chi connectivity index (χ4v) is 4.13. The lowest BCUT2D eigenvalue weighted by Crippen LogP contribution is -2.42. The van der Waals surface area contributed by atoms with E-state index in [4.69, 9.17) is 27.6 Å². The molecule has 1 atom stereocenters. The summed E-state index contributed by atoms with van der Waals surface area (Å²) in [7, 11) is -3.46. The number of anilines is 1. The van der Waals surface area contributed by atoms with Crippen LogP contribution in [-0.2, 0) is 14.8 Å². The molecular formula is C14H14Cl2N4O4S. The van der Waals surface area contributed by atoms with Crippen LogP contribution in [0.2, 0.25) is 10.0 Å². The molecule has 0 spiro atoms. The number of hydrogen-bond donors (Lipinski definition) is 1. The van der Waals surface area contributed by atoms with Crippen LogP contribution in [0.4, 0.5) is 6.01 Å². The maximum atomic E-state index is 12.3. The molecule has 134 valence electrons. The number of aromatic nitrogens is 2. The number of nitrogens with one attached hydrogen (secondary N) is 1. The van der Waals surface area contributed by atoms with E-state index in [2.05, 4.69) is 15.5 Å². The monoisotopic (exact) mass is 404 g/mol. The lowest BCUT2D eigenvalue weighted by Gasteiger charge is -2.20. The van der Waals surface area contributed by atoms with Crippen molar-refractivity contribution in [2.45, 2.75) is 18.9 Å². The highest BCUT2D eigenvalue weighted by atomic mass is 35.5. The molecule has 1 aliphatic heterocycles. The molecule has 1 fully saturated rings. The van der Waals surface area contributed by atoms with Crippen LogP contribution in [0.25, 0.3) is 11.5 Å². The molecule has 1 N–H and O–H groups in total. The molecule has 8 nitrogen and oxygen atoms in total. The van der Waals surface area contributed by atoms with Crippen molar-refractivity contribution >= 4 is 45.1 Å². The van der Waals surface area contributed by atoms with Crippen LogP contribution in [0.3, 0.4) is 0 Å². The number of nitrogens with zero attached hydrogens (tertiary/aromatic N) is 3. The van der Waals surface area contributed by atoms with Gasteiger partial charge < -0.3 is 4.42 Å². The van der Waals surface area contributed by atoms with Gasteiger partial charge in [-0.1, -0.05) is 28.3 Å². The maximum Gasteiger partial charge on any atom is 0.322 e. The molecule has 0 bridgehead atoms. The van der Waals surface area contributed by atoms with Gasteiger partial charge in [0.25, 0.3) is 5.89 Å². The second kappa shape index (κ2) is 6.91. The Morgan fingerprint density at radius 3 is 2.84 bits per heavy atom. The highest BCUT2D eigenvalue weighted by molar-refractivity contribution is 7.88. The lowest BCUT2D eigenvalue weighted by molar-refractivity contribution is -0.119. The van der Waals surface area contributed by atoms with Crippen molar-refractivity contribution in [3.8, 4) is 11.5 Å². The highest BCUT2D eigenvalue weighted by Crippen LogP contribution is 2.30. The Labute approximate surface area is 154 Å². The molecule has 0 aliphatic carbocycles. The van der Waals surface area contributed by atoms with E-state index in [0.717, 1.165) is 10.6 Å². The van der Waals surface area contributed by atoms with Crippen molar-refractivity contribution in [3.63, 3.8) is 0 Å². The fourth-order valence-electron chi connectivity index (χ4n) is 2.63. The molecule has 1 unspecified atom stereocenters. The van der Waals surface area contributed by atoms with Gasteiger partial charge in [0, 0.05) is 11.6 Å². The van der Waals surface area contributed by atoms with Crippen LogP contribution in [0.5, 0.6) is 0 Å². The highest BCUT2D eigenvalue weighted by Gasteiger charge is 2.37. The maximum absolute atomic E-state index is 12.3. The minimum atomic E-state index is -3.46. The summed E-state index contributed by atoms with van der Waals surface area (Å²) in [4.78, 5) is 12.3. The molecule has 2 heterocycles. The quantitative estimate of drug-likeness (QED) is 0.838. The fraction of sp³-hybridized carbons (Fsp3) is 0.357. The van der Waals surface area contributed by atoms with E-state index in [0.29, 0.717) is 35.0 Å². The Bertz CT molecular complexity index is 915. The Morgan fingerprint density at radius 1 is 1.36 bits per heavy atom. The molecule has 1 saturated heterocycles. The van der Waals surface area contributed by atoms with Crippen molar-refractivity contribution < 1.29 is 17.6 Å². The Hall–Kier alpha value is -1.68. The van der Waals surface area contributed by atoms with Crippen LogP contribution in [0.1, 0.15) is 12.8 Å². The first-order chi connectivity index (χ1) is 11.8. The van der Waals surface area contributed by atoms with Gasteiger partial charge in [0.15, 0.2) is 0 Å². The summed E-state index contributed by atoms with van der Waals surface area (Å²) >= 11 is 12.0. The molecule has 1 aromatic heterocycles. The van der Waals surface area contributed by atoms with Gasteiger partial charge in [-0.15, -0.1) is 5.10 Å². The standard InChI is InChI=1S/C14H14Cl2N4O4S/c1-25(22,23)20-6-2-3-11(20)12(21)17-14-19-18-13(24-14)9-7-8(15)4-5-10(9)16/h4-5,7,11H,2-3,6H2,1H3,(H,17,19,21). The van der Waals surface area contributed by atoms with E-state index >= 15 is 0 Å². The Morgan fingerprint density at radius 2 is 2.12 bits per heavy atom. The summed E-state index contributed by atoms with van der Waals surface area (Å²) in [5.41, 5.74) is 0.431. The van der Waals surface area contributed by atoms with Crippen molar-refractivity contribution in [2.24, 2.45) is 0 Å². The topological polar surface area (TPSA) is 105 Å². The van der Waals surface area contributed by atoms with Crippen molar-refractivity contribution in [1.82, 2.24) is 14.5 Å². The van der Waals surface area contributed by atoms with E-state index in [1.165, 1.54) is 0 Å². The predicted molar refractivity (Wildman–Crippen MR) is 93.0 cm³/mol. The van der Waals surface area contributed by atoms with Gasteiger partial charge in [-0.2, -0.15) is 4.31 Å². The van der Waals surface area contributed by atoms with Crippen molar-refractivity contribution in [2.75, 3.05) is 18.1 Å². The third kappa shape index (κ3) is 3.95. The normalized spacial score (nSPS) is 18.4. The zero-order valence-electron chi connectivity index (χ0n) is 13.1. The van der Waals surface area contributed by atoms with E-state index in [-0.39, 0.29) is 11.9 Å². The zero-order chi connectivity index (χ0) is 18.2. The molecule has 1 aromatic carbocycles. The average Bonchev–Trinajstić information content (AvgIpc) is 3.18. The number of hydrogen-bond acceptors (Lipinski definition) is 6. The van der Waals surface area contributed by atoms with Crippen LogP contribution in [-0.4, -0.2) is 47.7 Å². The number of sulfonamides is 1. The molecule has 0 radical (unpaired) electrons. The van der Waals surface area contributed by atoms with E-state index in [1.807, 2.05) is 0 Å². The summed E-state index contributed by atoms with van der Waals surface area (Å²) in [6, 6.07) is 3.83. The van der Waals surface area contributed by atoms with E-state index in [1.54, 1.807) is 18.2 Å². The summed E-state index contributed by atoms with van der Waals surface area (Å²) in [5, 5.41) is 10.8. The molecule has 25 heavy (non-hydrogen) atoms. The smallest absolute Gasteiger partial charge is 0.322 e. The summed E-state index contributed by atoms with van der Waals surface area (Å²) < 4.78 is 30.0. The van der Waals surface area contributed by atoms with Gasteiger partial charge in [-0.25, -0.2) is 8.42 Å². The van der Waals surface area contributed by atoms with Gasteiger partial charge in [0.2, 0.25) is 15.9 Å². The first kappa shape index (κ1) is 18.1. The molecule has 11 heteroatoms. The second-order valence-corrected chi connectivity index (χ2v) is 8.34. The first-order valence-corrected chi connectivity index (χ1v) is 9.93. The van der Waals surface area contributed by atoms with E-state index in [9.17, 15) is 13.2 Å². The van der Waals surface area contributed by atoms with Crippen LogP contribution in [0, 0.1) is 0 Å². The molecule has 1 amide bonds. The summed E-state index contributed by atoms with van der Waals surface area (Å²) in [5.74, 6) is -0.426. The van der Waals surface area contributed by atoms with Crippen molar-refractivity contribution in [3.05, 3.63) is 28.2 Å². The van der Waals surface area contributed by atoms with E-state index < -0.39 is 22.0 Å². The average molecular weight is 405 g/mol. The number of halogens is 2. The third-order valence-corrected chi connectivity index (χ3v) is 5.60. The van der Waals surface area contributed by atoms with Crippen LogP contribution < -0.4 is 5.32 Å². The number of benzene rings is 1. The van der Waals surface area contributed by atoms with Crippen LogP contribution in [0.15, 0.2) is 22.6 Å². The zero-order valence-corrected chi connectivity index (χ0v) is 15.4. The van der Waals surface area contributed by atoms with Crippen LogP contribution >= 0.6 is 23.2 Å². The van der Waals surface area contributed by atoms with Gasteiger partial charge in [-0.3, -0.25) is 10.1 Å². The second-order valence-electron chi connectivity index (χ2n) is 5.56. The minimum Gasteiger partial charge on any atom is -0.403 e. The molecular weight excluding hydrogens is 391 g/mol. The van der Waals surface area contributed by atoms with Gasteiger partial charge in [-0.05, 0) is 31.0 Å². The summed E-state index contributed by atoms with van der Waals surface area (Å²) in [6.45, 7) is 0.310. The van der Waals surface area contributed by atoms with Gasteiger partial charge in [0.05, 0.1) is 16.8 Å². The SMILES string of the molecule is CS(=O)(=O)N1CCCC1C(=O)Nc1nnc(-c2cc(Cl)ccc2Cl)o1. The largest absolute Gasteiger partial charge is 0.403 e. The molecule has 0 saturated carbocycles. The number of carbonyl (C=O) groups is 1. The number of carbonyl (C=O) groups excluding carboxylic acids is 1. The number of amides is 1. The van der Waals surface area contributed by atoms with Crippen molar-refractivity contribution in [1.29, 1.82) is 0 Å². The molecule has 3 rings (SSSR count). The van der Waals surface area contributed by atoms with Gasteiger partial charge >= 0.3 is 6.01 Å². The Balaban J connectivity index is 1.77. The first-order valence-electron chi connectivity index (χ1n) is 7.32. The minimum absolute atomic E-state index is 0.0918. The predicted octanol–water partition coefficient (Wildman–Crippen LogP) is 2.41. The molecule has 1 aliphatic rings. The van der Waals surface area contributed by atoms with Gasteiger partial charge in [0.1, 0.15) is 6.04 Å². The lowest BCUT2D eigenvalue weighted by atomic mass is 10.2.